The first-order valence-electron chi connectivity index (χ1n) is 13.4. The second-order valence-electron chi connectivity index (χ2n) is 10.9. The van der Waals surface area contributed by atoms with Crippen LogP contribution < -0.4 is 5.32 Å². The molecule has 0 saturated carbocycles. The van der Waals surface area contributed by atoms with Gasteiger partial charge in [-0.1, -0.05) is 42.5 Å². The van der Waals surface area contributed by atoms with Crippen LogP contribution in [0.25, 0.3) is 11.6 Å². The number of anilines is 1. The van der Waals surface area contributed by atoms with Crippen LogP contribution in [0.5, 0.6) is 0 Å². The van der Waals surface area contributed by atoms with E-state index in [4.69, 9.17) is 13.9 Å². The molecule has 0 saturated heterocycles. The largest absolute Gasteiger partial charge is 0.444 e. The van der Waals surface area contributed by atoms with Gasteiger partial charge >= 0.3 is 18.4 Å². The molecule has 1 aromatic carbocycles. The van der Waals surface area contributed by atoms with Crippen LogP contribution in [0.3, 0.4) is 0 Å². The van der Waals surface area contributed by atoms with E-state index in [9.17, 15) is 35.9 Å². The van der Waals surface area contributed by atoms with Crippen LogP contribution in [0.15, 0.2) is 53.0 Å². The molecular weight excluding hydrogens is 598 g/mol. The summed E-state index contributed by atoms with van der Waals surface area (Å²) in [6, 6.07) is 8.45. The number of halogens is 6. The molecule has 236 valence electrons. The first-order chi connectivity index (χ1) is 20.5. The van der Waals surface area contributed by atoms with Crippen molar-refractivity contribution in [2.24, 2.45) is 0 Å². The van der Waals surface area contributed by atoms with Crippen LogP contribution in [0.2, 0.25) is 0 Å². The lowest BCUT2D eigenvalue weighted by molar-refractivity contribution is -0.295. The van der Waals surface area contributed by atoms with Gasteiger partial charge in [-0.05, 0) is 45.2 Å². The fourth-order valence-corrected chi connectivity index (χ4v) is 4.27. The van der Waals surface area contributed by atoms with Crippen molar-refractivity contribution < 1.29 is 49.8 Å². The number of hydrogen-bond donors (Lipinski definition) is 1. The number of Topliss-reactive ketones (excluding diaryl/α,β-unsaturated/α-hetero) is 1. The zero-order valence-electron chi connectivity index (χ0n) is 23.8. The molecule has 2 aromatic heterocycles. The molecule has 3 aromatic rings. The van der Waals surface area contributed by atoms with Crippen molar-refractivity contribution in [2.45, 2.75) is 76.6 Å². The van der Waals surface area contributed by atoms with Gasteiger partial charge in [0, 0.05) is 12.8 Å². The number of aromatic nitrogens is 3. The summed E-state index contributed by atoms with van der Waals surface area (Å²) in [4.78, 5) is 29.3. The lowest BCUT2D eigenvalue weighted by atomic mass is 9.97. The number of ether oxygens (including phenoxy) is 2. The highest BCUT2D eigenvalue weighted by Gasteiger charge is 2.61. The van der Waals surface area contributed by atoms with E-state index >= 15 is 0 Å². The monoisotopic (exact) mass is 626 g/mol. The highest BCUT2D eigenvalue weighted by molar-refractivity contribution is 5.98. The number of nitrogens with one attached hydrogen (secondary N) is 1. The van der Waals surface area contributed by atoms with Gasteiger partial charge in [0.15, 0.2) is 11.5 Å². The van der Waals surface area contributed by atoms with Crippen molar-refractivity contribution in [1.82, 2.24) is 15.2 Å². The second-order valence-corrected chi connectivity index (χ2v) is 10.9. The lowest BCUT2D eigenvalue weighted by Crippen LogP contribution is -2.45. The van der Waals surface area contributed by atoms with Crippen LogP contribution in [0.1, 0.15) is 74.0 Å². The van der Waals surface area contributed by atoms with Crippen LogP contribution in [-0.2, 0) is 27.9 Å². The predicted octanol–water partition coefficient (Wildman–Crippen LogP) is 7.78. The third-order valence-corrected chi connectivity index (χ3v) is 6.33. The van der Waals surface area contributed by atoms with Gasteiger partial charge in [-0.15, -0.1) is 10.2 Å². The molecule has 0 unspecified atom stereocenters. The first kappa shape index (κ1) is 32.6. The Hall–Kier alpha value is -4.27. The SMILES string of the molecule is CC(C)(C)OC(=O)Nc1cc(C(F)(F)F)c2nc1-c1nnc(o1)[C@@](OCc1ccccc1)(C(F)(F)F)CC=CCCCC2=O. The first-order valence-corrected chi connectivity index (χ1v) is 13.4. The molecule has 1 aliphatic heterocycles. The highest BCUT2D eigenvalue weighted by Crippen LogP contribution is 2.46. The number of rotatable bonds is 4. The number of nitrogens with zero attached hydrogens (tertiary/aromatic N) is 3. The number of carbonyl (C=O) groups is 2. The topological polar surface area (TPSA) is 116 Å². The maximum absolute atomic E-state index is 14.9. The summed E-state index contributed by atoms with van der Waals surface area (Å²) < 4.78 is 103. The molecule has 4 bridgehead atoms. The summed E-state index contributed by atoms with van der Waals surface area (Å²) in [5.74, 6) is -2.84. The van der Waals surface area contributed by atoms with E-state index in [0.717, 1.165) is 0 Å². The number of allylic oxidation sites excluding steroid dienone is 1. The summed E-state index contributed by atoms with van der Waals surface area (Å²) >= 11 is 0. The Bertz CT molecular complexity index is 1530. The van der Waals surface area contributed by atoms with Crippen molar-refractivity contribution in [3.63, 3.8) is 0 Å². The number of hydrogen-bond acceptors (Lipinski definition) is 8. The molecule has 44 heavy (non-hydrogen) atoms. The van der Waals surface area contributed by atoms with Gasteiger partial charge in [0.1, 0.15) is 11.3 Å². The fraction of sp³-hybridized carbons (Fsp3) is 0.414. The average Bonchev–Trinajstić information content (AvgIpc) is 3.40. The summed E-state index contributed by atoms with van der Waals surface area (Å²) in [6.07, 6.45) is -9.99. The molecular formula is C29H28F6N4O5. The Morgan fingerprint density at radius 3 is 2.36 bits per heavy atom. The van der Waals surface area contributed by atoms with E-state index in [2.05, 4.69) is 20.5 Å². The summed E-state index contributed by atoms with van der Waals surface area (Å²) in [6.45, 7) is 4.01. The van der Waals surface area contributed by atoms with Crippen LogP contribution in [-0.4, -0.2) is 38.8 Å². The van der Waals surface area contributed by atoms with Crippen molar-refractivity contribution in [3.05, 3.63) is 71.3 Å². The van der Waals surface area contributed by atoms with Crippen LogP contribution in [0, 0.1) is 0 Å². The Balaban J connectivity index is 1.92. The third-order valence-electron chi connectivity index (χ3n) is 6.33. The highest BCUT2D eigenvalue weighted by atomic mass is 19.4. The number of benzene rings is 1. The summed E-state index contributed by atoms with van der Waals surface area (Å²) in [5.41, 5.74) is -7.68. The maximum atomic E-state index is 14.9. The van der Waals surface area contributed by atoms with Gasteiger partial charge in [-0.25, -0.2) is 9.78 Å². The molecule has 0 radical (unpaired) electrons. The fourth-order valence-electron chi connectivity index (χ4n) is 4.27. The zero-order valence-corrected chi connectivity index (χ0v) is 23.8. The number of alkyl halides is 6. The molecule has 1 N–H and O–H groups in total. The molecule has 1 amide bonds. The maximum Gasteiger partial charge on any atom is 0.426 e. The molecule has 1 atom stereocenters. The number of ketones is 1. The van der Waals surface area contributed by atoms with Gasteiger partial charge in [-0.3, -0.25) is 10.1 Å². The van der Waals surface area contributed by atoms with E-state index in [1.54, 1.807) is 30.3 Å². The second kappa shape index (κ2) is 12.4. The van der Waals surface area contributed by atoms with Gasteiger partial charge in [0.2, 0.25) is 5.60 Å². The lowest BCUT2D eigenvalue weighted by Gasteiger charge is -2.31. The number of carbonyl (C=O) groups excluding carboxylic acids is 2. The Kier molecular flexibility index (Phi) is 9.18. The molecule has 0 fully saturated rings. The van der Waals surface area contributed by atoms with Gasteiger partial charge in [-0.2, -0.15) is 26.3 Å². The molecule has 0 aliphatic carbocycles. The average molecular weight is 627 g/mol. The van der Waals surface area contributed by atoms with E-state index in [-0.39, 0.29) is 12.8 Å². The van der Waals surface area contributed by atoms with E-state index in [0.29, 0.717) is 11.6 Å². The Labute approximate surface area is 247 Å². The number of pyridine rings is 1. The normalized spacial score (nSPS) is 18.1. The smallest absolute Gasteiger partial charge is 0.426 e. The number of fused-ring (bicyclic) bond motifs is 5. The molecule has 9 nitrogen and oxygen atoms in total. The van der Waals surface area contributed by atoms with Gasteiger partial charge in [0.25, 0.3) is 11.8 Å². The van der Waals surface area contributed by atoms with Gasteiger partial charge < -0.3 is 13.9 Å². The van der Waals surface area contributed by atoms with Crippen molar-refractivity contribution in [2.75, 3.05) is 5.32 Å². The summed E-state index contributed by atoms with van der Waals surface area (Å²) in [5, 5.41) is 9.32. The Morgan fingerprint density at radius 2 is 1.73 bits per heavy atom. The molecule has 0 spiro atoms. The predicted molar refractivity (Wildman–Crippen MR) is 143 cm³/mol. The van der Waals surface area contributed by atoms with E-state index < -0.39 is 89.3 Å². The summed E-state index contributed by atoms with van der Waals surface area (Å²) in [7, 11) is 0. The Morgan fingerprint density at radius 1 is 1.02 bits per heavy atom. The number of amides is 1. The zero-order chi connectivity index (χ0) is 32.3. The van der Waals surface area contributed by atoms with E-state index in [1.807, 2.05) is 0 Å². The van der Waals surface area contributed by atoms with Crippen molar-refractivity contribution in [3.8, 4) is 11.6 Å². The minimum absolute atomic E-state index is 0.0177. The standard InChI is InChI=1S/C29H28F6N4O5/c1-26(2,3)44-25(41)36-19-15-18(28(30,31)32)21-20(40)13-9-4-5-10-14-27(29(33,34)35,42-16-17-11-7-6-8-12-17)24-39-38-23(43-24)22(19)37-21/h5-8,10-12,15H,4,9,13-14,16H2,1-3H3,(H,36,41)/t27-/m1/s1. The minimum atomic E-state index is -5.11. The molecule has 3 heterocycles. The van der Waals surface area contributed by atoms with Crippen LogP contribution >= 0.6 is 0 Å². The third kappa shape index (κ3) is 7.44. The molecule has 4 rings (SSSR count). The van der Waals surface area contributed by atoms with Crippen LogP contribution in [0.4, 0.5) is 36.8 Å². The molecule has 1 aliphatic rings. The van der Waals surface area contributed by atoms with Crippen molar-refractivity contribution in [1.29, 1.82) is 0 Å². The quantitative estimate of drug-likeness (QED) is 0.231. The minimum Gasteiger partial charge on any atom is -0.444 e. The van der Waals surface area contributed by atoms with E-state index in [1.165, 1.54) is 32.9 Å². The van der Waals surface area contributed by atoms with Gasteiger partial charge in [0.05, 0.1) is 17.9 Å². The van der Waals surface area contributed by atoms with Crippen molar-refractivity contribution >= 4 is 17.6 Å². The molecule has 15 heteroatoms.